The van der Waals surface area contributed by atoms with Crippen LogP contribution in [0.3, 0.4) is 0 Å². The standard InChI is InChI=1S/C20H30BNO4S/c1-18(2,3)24-17(23)22-13-15(12-14-10-8-9-11-16(14)27)21-25-19(4,5)20(6,7)26-21/h8-12,27H,13H2,1-7H3,(H,22,23). The third kappa shape index (κ3) is 5.77. The number of amides is 1. The van der Waals surface area contributed by atoms with E-state index in [0.717, 1.165) is 15.9 Å². The van der Waals surface area contributed by atoms with E-state index >= 15 is 0 Å². The fourth-order valence-corrected chi connectivity index (χ4v) is 2.72. The van der Waals surface area contributed by atoms with E-state index in [9.17, 15) is 4.79 Å². The average Bonchev–Trinajstić information content (AvgIpc) is 2.71. The van der Waals surface area contributed by atoms with Crippen LogP contribution in [-0.2, 0) is 14.0 Å². The molecule has 1 aliphatic heterocycles. The highest BCUT2D eigenvalue weighted by Gasteiger charge is 2.52. The maximum absolute atomic E-state index is 12.1. The van der Waals surface area contributed by atoms with Gasteiger partial charge in [0.2, 0.25) is 0 Å². The van der Waals surface area contributed by atoms with Gasteiger partial charge in [-0.25, -0.2) is 4.79 Å². The van der Waals surface area contributed by atoms with E-state index in [1.807, 2.05) is 78.8 Å². The van der Waals surface area contributed by atoms with Gasteiger partial charge in [-0.2, -0.15) is 0 Å². The van der Waals surface area contributed by atoms with Gasteiger partial charge < -0.3 is 19.4 Å². The Morgan fingerprint density at radius 3 is 2.26 bits per heavy atom. The predicted octanol–water partition coefficient (Wildman–Crippen LogP) is 4.51. The summed E-state index contributed by atoms with van der Waals surface area (Å²) >= 11 is 4.51. The Morgan fingerprint density at radius 1 is 1.19 bits per heavy atom. The molecule has 0 unspecified atom stereocenters. The second-order valence-electron chi connectivity index (χ2n) is 8.72. The Kier molecular flexibility index (Phi) is 6.39. The number of nitrogens with one attached hydrogen (secondary N) is 1. The SMILES string of the molecule is CC(C)(C)OC(=O)NCC(=Cc1ccccc1S)B1OC(C)(C)C(C)(C)O1. The molecule has 0 radical (unpaired) electrons. The lowest BCUT2D eigenvalue weighted by Crippen LogP contribution is -2.41. The molecule has 1 aromatic carbocycles. The fraction of sp³-hybridized carbons (Fsp3) is 0.550. The first-order valence-electron chi connectivity index (χ1n) is 9.12. The lowest BCUT2D eigenvalue weighted by Gasteiger charge is -2.32. The Bertz CT molecular complexity index is 709. The van der Waals surface area contributed by atoms with E-state index in [-0.39, 0.29) is 6.54 Å². The maximum atomic E-state index is 12.1. The van der Waals surface area contributed by atoms with Gasteiger partial charge in [0.25, 0.3) is 0 Å². The minimum absolute atomic E-state index is 0.244. The van der Waals surface area contributed by atoms with Gasteiger partial charge in [-0.15, -0.1) is 12.6 Å². The summed E-state index contributed by atoms with van der Waals surface area (Å²) < 4.78 is 17.7. The average molecular weight is 391 g/mol. The van der Waals surface area contributed by atoms with Crippen molar-refractivity contribution < 1.29 is 18.8 Å². The molecule has 1 amide bonds. The third-order valence-electron chi connectivity index (χ3n) is 4.67. The Labute approximate surface area is 168 Å². The zero-order chi connectivity index (χ0) is 20.5. The van der Waals surface area contributed by atoms with E-state index in [1.54, 1.807) is 0 Å². The molecule has 1 N–H and O–H groups in total. The summed E-state index contributed by atoms with van der Waals surface area (Å²) in [6.45, 7) is 13.7. The van der Waals surface area contributed by atoms with Crippen molar-refractivity contribution in [3.05, 3.63) is 35.3 Å². The normalized spacial score (nSPS) is 19.1. The van der Waals surface area contributed by atoms with Crippen LogP contribution in [0, 0.1) is 0 Å². The number of hydrogen-bond donors (Lipinski definition) is 2. The molecular weight excluding hydrogens is 361 g/mol. The number of carbonyl (C=O) groups is 1. The lowest BCUT2D eigenvalue weighted by molar-refractivity contribution is 0.00578. The van der Waals surface area contributed by atoms with Gasteiger partial charge in [0, 0.05) is 11.4 Å². The monoisotopic (exact) mass is 391 g/mol. The highest BCUT2D eigenvalue weighted by molar-refractivity contribution is 7.80. The second kappa shape index (κ2) is 7.90. The number of carbonyl (C=O) groups excluding carboxylic acids is 1. The van der Waals surface area contributed by atoms with Crippen molar-refractivity contribution in [2.24, 2.45) is 0 Å². The quantitative estimate of drug-likeness (QED) is 0.586. The van der Waals surface area contributed by atoms with Crippen LogP contribution in [0.5, 0.6) is 0 Å². The van der Waals surface area contributed by atoms with Gasteiger partial charge in [-0.1, -0.05) is 24.3 Å². The molecule has 5 nitrogen and oxygen atoms in total. The number of alkyl carbamates (subject to hydrolysis) is 1. The second-order valence-corrected chi connectivity index (χ2v) is 9.20. The highest BCUT2D eigenvalue weighted by atomic mass is 32.1. The van der Waals surface area contributed by atoms with Crippen LogP contribution in [-0.4, -0.2) is 36.6 Å². The molecule has 1 heterocycles. The Balaban J connectivity index is 2.25. The number of ether oxygens (including phenoxy) is 1. The van der Waals surface area contributed by atoms with Crippen LogP contribution in [0.2, 0.25) is 0 Å². The number of hydrogen-bond acceptors (Lipinski definition) is 5. The summed E-state index contributed by atoms with van der Waals surface area (Å²) in [5.41, 5.74) is 0.222. The first-order chi connectivity index (χ1) is 12.3. The van der Waals surface area contributed by atoms with Crippen molar-refractivity contribution in [3.63, 3.8) is 0 Å². The molecule has 27 heavy (non-hydrogen) atoms. The summed E-state index contributed by atoms with van der Waals surface area (Å²) in [5.74, 6) is 0. The molecule has 0 aromatic heterocycles. The minimum atomic E-state index is -0.571. The van der Waals surface area contributed by atoms with Crippen LogP contribution in [0.1, 0.15) is 54.0 Å². The molecule has 0 spiro atoms. The zero-order valence-electron chi connectivity index (χ0n) is 17.3. The summed E-state index contributed by atoms with van der Waals surface area (Å²) in [6, 6.07) is 7.74. The predicted molar refractivity (Wildman–Crippen MR) is 112 cm³/mol. The summed E-state index contributed by atoms with van der Waals surface area (Å²) in [7, 11) is -0.571. The van der Waals surface area contributed by atoms with Crippen molar-refractivity contribution in [2.45, 2.75) is 70.2 Å². The van der Waals surface area contributed by atoms with E-state index in [0.29, 0.717) is 0 Å². The summed E-state index contributed by atoms with van der Waals surface area (Å²) in [6.07, 6.45) is 1.46. The molecule has 148 valence electrons. The molecule has 0 aliphatic carbocycles. The van der Waals surface area contributed by atoms with Crippen molar-refractivity contribution in [1.29, 1.82) is 0 Å². The smallest absolute Gasteiger partial charge is 0.444 e. The summed E-state index contributed by atoms with van der Waals surface area (Å²) in [5, 5.41) is 2.80. The fourth-order valence-electron chi connectivity index (χ4n) is 2.49. The van der Waals surface area contributed by atoms with Crippen LogP contribution < -0.4 is 5.32 Å². The van der Waals surface area contributed by atoms with Crippen LogP contribution in [0.4, 0.5) is 4.79 Å². The number of benzene rings is 1. The molecule has 1 saturated heterocycles. The number of rotatable bonds is 4. The molecule has 1 aromatic rings. The van der Waals surface area contributed by atoms with Gasteiger partial charge in [-0.05, 0) is 65.6 Å². The number of thiol groups is 1. The maximum Gasteiger partial charge on any atom is 0.492 e. The first kappa shape index (κ1) is 21.9. The molecule has 1 aliphatic rings. The van der Waals surface area contributed by atoms with E-state index in [2.05, 4.69) is 17.9 Å². The molecule has 0 saturated carbocycles. The van der Waals surface area contributed by atoms with E-state index < -0.39 is 30.0 Å². The minimum Gasteiger partial charge on any atom is -0.444 e. The zero-order valence-corrected chi connectivity index (χ0v) is 18.1. The van der Waals surface area contributed by atoms with Crippen molar-refractivity contribution in [3.8, 4) is 0 Å². The molecule has 2 rings (SSSR count). The molecule has 7 heteroatoms. The third-order valence-corrected chi connectivity index (χ3v) is 5.08. The Hall–Kier alpha value is -1.44. The molecule has 0 bridgehead atoms. The molecule has 0 atom stereocenters. The van der Waals surface area contributed by atoms with Crippen LogP contribution in [0.15, 0.2) is 34.6 Å². The highest BCUT2D eigenvalue weighted by Crippen LogP contribution is 2.39. The summed E-state index contributed by atoms with van der Waals surface area (Å²) in [4.78, 5) is 12.9. The molecular formula is C20H30BNO4S. The van der Waals surface area contributed by atoms with Crippen molar-refractivity contribution in [2.75, 3.05) is 6.54 Å². The van der Waals surface area contributed by atoms with Gasteiger partial charge in [-0.3, -0.25) is 0 Å². The van der Waals surface area contributed by atoms with Crippen molar-refractivity contribution >= 4 is 31.9 Å². The first-order valence-corrected chi connectivity index (χ1v) is 9.56. The van der Waals surface area contributed by atoms with Gasteiger partial charge in [0.15, 0.2) is 0 Å². The van der Waals surface area contributed by atoms with Crippen LogP contribution in [0.25, 0.3) is 6.08 Å². The topological polar surface area (TPSA) is 56.8 Å². The Morgan fingerprint density at radius 2 is 1.74 bits per heavy atom. The van der Waals surface area contributed by atoms with Gasteiger partial charge in [0.1, 0.15) is 5.60 Å². The molecule has 1 fully saturated rings. The largest absolute Gasteiger partial charge is 0.492 e. The van der Waals surface area contributed by atoms with E-state index in [1.165, 1.54) is 0 Å². The lowest BCUT2D eigenvalue weighted by atomic mass is 9.77. The van der Waals surface area contributed by atoms with Crippen molar-refractivity contribution in [1.82, 2.24) is 5.32 Å². The van der Waals surface area contributed by atoms with Gasteiger partial charge >= 0.3 is 13.2 Å². The van der Waals surface area contributed by atoms with E-state index in [4.69, 9.17) is 14.0 Å². The van der Waals surface area contributed by atoms with Gasteiger partial charge in [0.05, 0.1) is 11.2 Å². The van der Waals surface area contributed by atoms with Crippen LogP contribution >= 0.6 is 12.6 Å².